The molecule has 144 valence electrons. The van der Waals surface area contributed by atoms with Gasteiger partial charge in [0, 0.05) is 13.8 Å². The van der Waals surface area contributed by atoms with Crippen molar-refractivity contribution in [3.05, 3.63) is 0 Å². The predicted octanol–water partition coefficient (Wildman–Crippen LogP) is 4.04. The topological polar surface area (TPSA) is 50.0 Å². The summed E-state index contributed by atoms with van der Waals surface area (Å²) in [6, 6.07) is 0. The highest BCUT2D eigenvalue weighted by Gasteiger charge is 2.40. The highest BCUT2D eigenvalue weighted by molar-refractivity contribution is 4.87. The molecule has 0 bridgehead atoms. The SMILES string of the molecule is CC1CCC(C2COC(CC3CC(F)C(F)C(F)C3)OC2)CC1.O.[HH]. The first-order valence-electron chi connectivity index (χ1n) is 9.18. The molecule has 3 nitrogen and oxygen atoms in total. The Kier molecular flexibility index (Phi) is 7.38. The van der Waals surface area contributed by atoms with Crippen LogP contribution in [0.15, 0.2) is 0 Å². The van der Waals surface area contributed by atoms with Gasteiger partial charge < -0.3 is 14.9 Å². The van der Waals surface area contributed by atoms with E-state index in [0.717, 1.165) is 5.92 Å². The molecule has 2 unspecified atom stereocenters. The van der Waals surface area contributed by atoms with Crippen molar-refractivity contribution in [3.63, 3.8) is 0 Å². The van der Waals surface area contributed by atoms with Crippen molar-refractivity contribution in [1.82, 2.24) is 0 Å². The minimum atomic E-state index is -1.96. The summed E-state index contributed by atoms with van der Waals surface area (Å²) in [6.07, 6.45) is -0.0286. The first-order valence-corrected chi connectivity index (χ1v) is 9.18. The van der Waals surface area contributed by atoms with Gasteiger partial charge in [0.15, 0.2) is 12.5 Å². The van der Waals surface area contributed by atoms with Gasteiger partial charge in [-0.3, -0.25) is 0 Å². The van der Waals surface area contributed by atoms with Gasteiger partial charge in [0.25, 0.3) is 0 Å². The smallest absolute Gasteiger partial charge is 0.162 e. The summed E-state index contributed by atoms with van der Waals surface area (Å²) in [6.45, 7) is 3.67. The maximum absolute atomic E-state index is 13.5. The Morgan fingerprint density at radius 1 is 0.875 bits per heavy atom. The Balaban J connectivity index is 0.00000156. The third-order valence-electron chi connectivity index (χ3n) is 6.05. The van der Waals surface area contributed by atoms with E-state index in [9.17, 15) is 13.2 Å². The van der Waals surface area contributed by atoms with E-state index in [2.05, 4.69) is 6.92 Å². The van der Waals surface area contributed by atoms with Crippen molar-refractivity contribution in [2.24, 2.45) is 23.7 Å². The minimum Gasteiger partial charge on any atom is -0.412 e. The molecule has 3 aliphatic rings. The number of halogens is 3. The molecule has 0 aromatic heterocycles. The van der Waals surface area contributed by atoms with Crippen LogP contribution < -0.4 is 0 Å². The van der Waals surface area contributed by atoms with Crippen LogP contribution in [0.25, 0.3) is 0 Å². The van der Waals surface area contributed by atoms with Gasteiger partial charge in [0.2, 0.25) is 0 Å². The van der Waals surface area contributed by atoms with Crippen molar-refractivity contribution in [1.29, 1.82) is 0 Å². The van der Waals surface area contributed by atoms with Crippen molar-refractivity contribution in [2.75, 3.05) is 13.2 Å². The molecule has 6 heteroatoms. The summed E-state index contributed by atoms with van der Waals surface area (Å²) in [5.41, 5.74) is 0. The normalized spacial score (nSPS) is 47.0. The fourth-order valence-corrected chi connectivity index (χ4v) is 4.41. The second-order valence-electron chi connectivity index (χ2n) is 7.93. The van der Waals surface area contributed by atoms with Gasteiger partial charge in [0.05, 0.1) is 13.2 Å². The minimum absolute atomic E-state index is 0. The fraction of sp³-hybridized carbons (Fsp3) is 1.00. The molecule has 0 amide bonds. The quantitative estimate of drug-likeness (QED) is 0.768. The van der Waals surface area contributed by atoms with E-state index in [4.69, 9.17) is 9.47 Å². The molecule has 1 saturated heterocycles. The van der Waals surface area contributed by atoms with Gasteiger partial charge in [-0.05, 0) is 43.4 Å². The van der Waals surface area contributed by atoms with Crippen LogP contribution in [-0.2, 0) is 9.47 Å². The Bertz CT molecular complexity index is 363. The van der Waals surface area contributed by atoms with E-state index in [1.54, 1.807) is 0 Å². The fourth-order valence-electron chi connectivity index (χ4n) is 4.41. The Hall–Kier alpha value is -0.330. The van der Waals surface area contributed by atoms with Gasteiger partial charge in [-0.15, -0.1) is 0 Å². The van der Waals surface area contributed by atoms with Crippen LogP contribution in [0.3, 0.4) is 0 Å². The van der Waals surface area contributed by atoms with Crippen molar-refractivity contribution < 1.29 is 29.5 Å². The molecule has 0 aromatic rings. The third kappa shape index (κ3) is 4.85. The largest absolute Gasteiger partial charge is 0.412 e. The summed E-state index contributed by atoms with van der Waals surface area (Å²) < 4.78 is 51.8. The van der Waals surface area contributed by atoms with Crippen LogP contribution in [0, 0.1) is 23.7 Å². The molecule has 2 saturated carbocycles. The molecule has 1 aliphatic heterocycles. The average Bonchev–Trinajstić information content (AvgIpc) is 2.54. The highest BCUT2D eigenvalue weighted by atomic mass is 19.2. The molecule has 2 atom stereocenters. The van der Waals surface area contributed by atoms with E-state index in [1.807, 2.05) is 0 Å². The Morgan fingerprint density at radius 2 is 1.42 bits per heavy atom. The summed E-state index contributed by atoms with van der Waals surface area (Å²) in [5, 5.41) is 0. The molecule has 2 N–H and O–H groups in total. The number of hydrogen-bond donors (Lipinski definition) is 0. The Morgan fingerprint density at radius 3 is 1.96 bits per heavy atom. The molecular weight excluding hydrogens is 321 g/mol. The maximum atomic E-state index is 13.5. The molecule has 0 spiro atoms. The number of alkyl halides is 3. The zero-order valence-corrected chi connectivity index (χ0v) is 14.4. The van der Waals surface area contributed by atoms with Crippen molar-refractivity contribution in [2.45, 2.75) is 76.7 Å². The second kappa shape index (κ2) is 8.86. The summed E-state index contributed by atoms with van der Waals surface area (Å²) in [4.78, 5) is 0. The summed E-state index contributed by atoms with van der Waals surface area (Å²) in [7, 11) is 0. The van der Waals surface area contributed by atoms with Gasteiger partial charge in [-0.1, -0.05) is 19.8 Å². The van der Waals surface area contributed by atoms with Crippen LogP contribution in [0.5, 0.6) is 0 Å². The lowest BCUT2D eigenvalue weighted by Gasteiger charge is -2.39. The molecule has 3 fully saturated rings. The van der Waals surface area contributed by atoms with E-state index in [0.29, 0.717) is 31.5 Å². The first-order chi connectivity index (χ1) is 11.0. The van der Waals surface area contributed by atoms with Gasteiger partial charge in [0.1, 0.15) is 12.3 Å². The lowest BCUT2D eigenvalue weighted by Crippen LogP contribution is -2.41. The molecular formula is C18H33F3O3. The molecule has 3 rings (SSSR count). The lowest BCUT2D eigenvalue weighted by atomic mass is 9.76. The van der Waals surface area contributed by atoms with Gasteiger partial charge in [-0.2, -0.15) is 0 Å². The van der Waals surface area contributed by atoms with Crippen LogP contribution >= 0.6 is 0 Å². The zero-order chi connectivity index (χ0) is 16.4. The van der Waals surface area contributed by atoms with E-state index in [-0.39, 0.29) is 32.0 Å². The Labute approximate surface area is 144 Å². The predicted molar refractivity (Wildman–Crippen MR) is 88.1 cm³/mol. The van der Waals surface area contributed by atoms with Crippen LogP contribution in [0.1, 0.15) is 53.3 Å². The summed E-state index contributed by atoms with van der Waals surface area (Å²) >= 11 is 0. The van der Waals surface area contributed by atoms with Gasteiger partial charge >= 0.3 is 0 Å². The average molecular weight is 354 g/mol. The first kappa shape index (κ1) is 20.0. The molecule has 0 aromatic carbocycles. The molecule has 24 heavy (non-hydrogen) atoms. The van der Waals surface area contributed by atoms with E-state index in [1.165, 1.54) is 25.7 Å². The van der Waals surface area contributed by atoms with E-state index >= 15 is 0 Å². The lowest BCUT2D eigenvalue weighted by molar-refractivity contribution is -0.219. The number of ether oxygens (including phenoxy) is 2. The van der Waals surface area contributed by atoms with Crippen LogP contribution in [0.2, 0.25) is 0 Å². The van der Waals surface area contributed by atoms with Crippen molar-refractivity contribution >= 4 is 0 Å². The molecule has 2 aliphatic carbocycles. The van der Waals surface area contributed by atoms with Gasteiger partial charge in [-0.25, -0.2) is 13.2 Å². The molecule has 0 radical (unpaired) electrons. The monoisotopic (exact) mass is 354 g/mol. The number of rotatable bonds is 3. The highest BCUT2D eigenvalue weighted by Crippen LogP contribution is 2.37. The van der Waals surface area contributed by atoms with Crippen LogP contribution in [-0.4, -0.2) is 43.5 Å². The van der Waals surface area contributed by atoms with E-state index < -0.39 is 18.5 Å². The number of hydrogen-bond acceptors (Lipinski definition) is 2. The second-order valence-corrected chi connectivity index (χ2v) is 7.93. The zero-order valence-electron chi connectivity index (χ0n) is 14.4. The standard InChI is InChI=1S/C18H29F3O2.H2O.H2/c1-11-2-4-13(5-3-11)14-9-22-17(23-10-14)8-12-6-15(19)18(21)16(20)7-12;;/h11-18H,2-10H2,1H3;1H2;1H. The van der Waals surface area contributed by atoms with Crippen LogP contribution in [0.4, 0.5) is 13.2 Å². The maximum Gasteiger partial charge on any atom is 0.162 e. The third-order valence-corrected chi connectivity index (χ3v) is 6.05. The molecule has 1 heterocycles. The van der Waals surface area contributed by atoms with Crippen molar-refractivity contribution in [3.8, 4) is 0 Å². The summed E-state index contributed by atoms with van der Waals surface area (Å²) in [5.74, 6) is 1.77.